The van der Waals surface area contributed by atoms with Gasteiger partial charge in [-0.3, -0.25) is 0 Å². The van der Waals surface area contributed by atoms with Gasteiger partial charge >= 0.3 is 51.4 Å². The Labute approximate surface area is 156 Å². The van der Waals surface area contributed by atoms with E-state index >= 15 is 0 Å². The van der Waals surface area contributed by atoms with E-state index in [1.807, 2.05) is 0 Å². The molecule has 0 aliphatic carbocycles. The van der Waals surface area contributed by atoms with Crippen molar-refractivity contribution in [2.24, 2.45) is 0 Å². The molecule has 1 N–H and O–H groups in total. The minimum atomic E-state index is -3.45. The molecule has 9 heteroatoms. The molecule has 0 radical (unpaired) electrons. The molecule has 0 fully saturated rings. The number of thiocarbonyl (C=S) groups is 1. The van der Waals surface area contributed by atoms with E-state index in [2.05, 4.69) is 29.6 Å². The van der Waals surface area contributed by atoms with Crippen LogP contribution in [0.5, 0.6) is 0 Å². The Balaban J connectivity index is 0. The van der Waals surface area contributed by atoms with Gasteiger partial charge in [0.15, 0.2) is 5.94 Å². The van der Waals surface area contributed by atoms with Gasteiger partial charge in [-0.25, -0.2) is 13.1 Å². The van der Waals surface area contributed by atoms with Gasteiger partial charge in [-0.2, -0.15) is 0 Å². The van der Waals surface area contributed by atoms with Gasteiger partial charge in [0, 0.05) is 4.38 Å². The monoisotopic (exact) mass is 325 g/mol. The summed E-state index contributed by atoms with van der Waals surface area (Å²) < 4.78 is 35.1. The van der Waals surface area contributed by atoms with Crippen molar-refractivity contribution in [2.45, 2.75) is 32.9 Å². The van der Waals surface area contributed by atoms with Crippen LogP contribution in [0.25, 0.3) is 0 Å². The van der Waals surface area contributed by atoms with Crippen LogP contribution in [0.4, 0.5) is 0 Å². The van der Waals surface area contributed by atoms with Gasteiger partial charge in [0.1, 0.15) is 6.61 Å². The van der Waals surface area contributed by atoms with E-state index in [1.54, 1.807) is 20.8 Å². The third-order valence-electron chi connectivity index (χ3n) is 1.39. The van der Waals surface area contributed by atoms with Crippen molar-refractivity contribution in [1.29, 1.82) is 0 Å². The van der Waals surface area contributed by atoms with Crippen LogP contribution in [-0.4, -0.2) is 37.5 Å². The zero-order chi connectivity index (χ0) is 12.8. The Morgan fingerprint density at radius 1 is 1.41 bits per heavy atom. The largest absolute Gasteiger partial charge is 1.00 e. The summed E-state index contributed by atoms with van der Waals surface area (Å²) in [5.74, 6) is -0.368. The second kappa shape index (κ2) is 10.4. The smallest absolute Gasteiger partial charge is 0.512 e. The van der Waals surface area contributed by atoms with Crippen molar-refractivity contribution in [2.75, 3.05) is 12.5 Å². The van der Waals surface area contributed by atoms with Crippen LogP contribution >= 0.6 is 12.2 Å². The van der Waals surface area contributed by atoms with E-state index < -0.39 is 16.1 Å². The number of rotatable bonds is 7. The molecule has 1 atom stereocenters. The maximum Gasteiger partial charge on any atom is 1.00 e. The van der Waals surface area contributed by atoms with E-state index in [0.29, 0.717) is 0 Å². The first-order valence-corrected chi connectivity index (χ1v) is 7.15. The van der Waals surface area contributed by atoms with E-state index in [9.17, 15) is 8.42 Å². The van der Waals surface area contributed by atoms with Crippen molar-refractivity contribution < 1.29 is 69.3 Å². The SMILES string of the molecule is CC(COC(=S)[S-])NS(=O)(=O)COC(C)C.[K+]. The molecule has 96 valence electrons. The first kappa shape index (κ1) is 20.9. The van der Waals surface area contributed by atoms with E-state index in [1.165, 1.54) is 0 Å². The van der Waals surface area contributed by atoms with Crippen molar-refractivity contribution in [3.63, 3.8) is 0 Å². The number of ether oxygens (including phenoxy) is 2. The number of nitrogens with one attached hydrogen (secondary N) is 1. The molecule has 0 saturated heterocycles. The summed E-state index contributed by atoms with van der Waals surface area (Å²) in [6, 6.07) is -0.401. The number of sulfonamides is 1. The summed E-state index contributed by atoms with van der Waals surface area (Å²) >= 11 is 9.06. The first-order valence-electron chi connectivity index (χ1n) is 4.68. The summed E-state index contributed by atoms with van der Waals surface area (Å²) in [6.07, 6.45) is -0.136. The summed E-state index contributed by atoms with van der Waals surface area (Å²) in [5.41, 5.74) is 0. The molecule has 0 aromatic heterocycles. The van der Waals surface area contributed by atoms with Crippen molar-refractivity contribution in [3.8, 4) is 0 Å². The third-order valence-corrected chi connectivity index (χ3v) is 2.83. The van der Waals surface area contributed by atoms with Crippen LogP contribution in [0.1, 0.15) is 20.8 Å². The van der Waals surface area contributed by atoms with Gasteiger partial charge in [-0.15, -0.1) is 0 Å². The van der Waals surface area contributed by atoms with Crippen molar-refractivity contribution in [1.82, 2.24) is 4.72 Å². The van der Waals surface area contributed by atoms with E-state index in [-0.39, 0.29) is 74.4 Å². The Morgan fingerprint density at radius 3 is 2.35 bits per heavy atom. The van der Waals surface area contributed by atoms with Crippen LogP contribution in [0.15, 0.2) is 0 Å². The van der Waals surface area contributed by atoms with Crippen LogP contribution in [0, 0.1) is 0 Å². The molecule has 0 heterocycles. The predicted molar refractivity (Wildman–Crippen MR) is 68.5 cm³/mol. The maximum atomic E-state index is 11.4. The molecule has 0 bridgehead atoms. The van der Waals surface area contributed by atoms with Gasteiger partial charge in [0.2, 0.25) is 10.0 Å². The topological polar surface area (TPSA) is 64.6 Å². The zero-order valence-corrected chi connectivity index (χ0v) is 16.0. The number of hydrogen-bond acceptors (Lipinski definition) is 6. The normalized spacial score (nSPS) is 12.9. The average molecular weight is 326 g/mol. The second-order valence-electron chi connectivity index (χ2n) is 3.53. The van der Waals surface area contributed by atoms with E-state index in [4.69, 9.17) is 9.47 Å². The molecule has 0 aliphatic rings. The van der Waals surface area contributed by atoms with Crippen molar-refractivity contribution >= 4 is 39.3 Å². The van der Waals surface area contributed by atoms with E-state index in [0.717, 1.165) is 0 Å². The van der Waals surface area contributed by atoms with Gasteiger partial charge < -0.3 is 34.3 Å². The van der Waals surface area contributed by atoms with Crippen LogP contribution in [0.2, 0.25) is 0 Å². The van der Waals surface area contributed by atoms with Crippen LogP contribution < -0.4 is 56.1 Å². The molecule has 0 spiro atoms. The molecule has 0 aromatic carbocycles. The Bertz CT molecular complexity index is 321. The van der Waals surface area contributed by atoms with Gasteiger partial charge in [0.25, 0.3) is 0 Å². The molecular weight excluding hydrogens is 309 g/mol. The minimum absolute atomic E-state index is 0. The minimum Gasteiger partial charge on any atom is -0.512 e. The fraction of sp³-hybridized carbons (Fsp3) is 0.875. The molecule has 0 rings (SSSR count). The molecule has 0 aromatic rings. The predicted octanol–water partition coefficient (Wildman–Crippen LogP) is -2.47. The quantitative estimate of drug-likeness (QED) is 0.318. The fourth-order valence-corrected chi connectivity index (χ4v) is 2.13. The molecule has 1 unspecified atom stereocenters. The summed E-state index contributed by atoms with van der Waals surface area (Å²) in [7, 11) is -3.45. The molecule has 0 amide bonds. The molecule has 0 saturated carbocycles. The number of hydrogen-bond donors (Lipinski definition) is 1. The summed E-state index contributed by atoms with van der Waals surface area (Å²) in [4.78, 5) is 0. The van der Waals surface area contributed by atoms with Gasteiger partial charge in [-0.1, -0.05) is 0 Å². The summed E-state index contributed by atoms with van der Waals surface area (Å²) in [5, 5.41) is 0. The molecule has 5 nitrogen and oxygen atoms in total. The van der Waals surface area contributed by atoms with Crippen LogP contribution in [-0.2, 0) is 32.1 Å². The van der Waals surface area contributed by atoms with Gasteiger partial charge in [-0.05, 0) is 20.8 Å². The molecule has 17 heavy (non-hydrogen) atoms. The first-order chi connectivity index (χ1) is 7.23. The van der Waals surface area contributed by atoms with Crippen LogP contribution in [0.3, 0.4) is 0 Å². The Hall–Kier alpha value is 1.62. The third kappa shape index (κ3) is 13.8. The fourth-order valence-electron chi connectivity index (χ4n) is 0.793. The molecule has 0 aliphatic heterocycles. The van der Waals surface area contributed by atoms with Crippen molar-refractivity contribution in [3.05, 3.63) is 0 Å². The standard InChI is InChI=1S/C8H17NO4S3.K/c1-6(2)13-5-16(10,11)9-7(3)4-12-8(14)15;/h6-7,9H,4-5H2,1-3H3,(H,14,15);/q;+1/p-1. The Morgan fingerprint density at radius 2 is 1.94 bits per heavy atom. The van der Waals surface area contributed by atoms with Gasteiger partial charge in [0.05, 0.1) is 12.1 Å². The molecular formula is C8H16KNO4S3. The maximum absolute atomic E-state index is 11.4. The second-order valence-corrected chi connectivity index (χ2v) is 6.23. The average Bonchev–Trinajstić information content (AvgIpc) is 2.11. The zero-order valence-electron chi connectivity index (χ0n) is 10.4. The Kier molecular flexibility index (Phi) is 12.8. The summed E-state index contributed by atoms with van der Waals surface area (Å²) in [6.45, 7) is 5.29.